The second-order valence-electron chi connectivity index (χ2n) is 4.74. The summed E-state index contributed by atoms with van der Waals surface area (Å²) in [7, 11) is 0. The first-order valence-electron chi connectivity index (χ1n) is 6.49. The van der Waals surface area contributed by atoms with E-state index in [2.05, 4.69) is 20.3 Å². The Hall–Kier alpha value is -2.41. The molecule has 3 heterocycles. The Balaban J connectivity index is 1.85. The molecule has 21 heavy (non-hydrogen) atoms. The van der Waals surface area contributed by atoms with Crippen molar-refractivity contribution in [3.05, 3.63) is 29.8 Å². The summed E-state index contributed by atoms with van der Waals surface area (Å²) in [5, 5.41) is 4.63. The number of amides is 1. The predicted octanol–water partition coefficient (Wildman–Crippen LogP) is 3.64. The molecule has 3 rings (SSSR count). The standard InChI is InChI=1S/C14H14N4O2S/c1-8(2)20-14(19)16-9-6-10-12(15-7-9)18-13(17-10)11-4-3-5-21-11/h3-8H,1-2H3,(H,16,19)(H,15,17,18). The van der Waals surface area contributed by atoms with E-state index in [9.17, 15) is 4.79 Å². The van der Waals surface area contributed by atoms with Gasteiger partial charge in [-0.15, -0.1) is 11.3 Å². The average Bonchev–Trinajstić information content (AvgIpc) is 3.05. The minimum Gasteiger partial charge on any atom is -0.447 e. The molecule has 0 aliphatic carbocycles. The number of ether oxygens (including phenoxy) is 1. The fourth-order valence-electron chi connectivity index (χ4n) is 1.86. The van der Waals surface area contributed by atoms with E-state index in [0.29, 0.717) is 11.3 Å². The molecule has 0 spiro atoms. The molecule has 0 fully saturated rings. The van der Waals surface area contributed by atoms with Gasteiger partial charge in [-0.3, -0.25) is 5.32 Å². The Labute approximate surface area is 125 Å². The maximum atomic E-state index is 11.6. The topological polar surface area (TPSA) is 79.9 Å². The molecule has 1 amide bonds. The highest BCUT2D eigenvalue weighted by Crippen LogP contribution is 2.24. The molecule has 0 atom stereocenters. The van der Waals surface area contributed by atoms with Crippen LogP contribution in [0.2, 0.25) is 0 Å². The molecule has 3 aromatic heterocycles. The highest BCUT2D eigenvalue weighted by Gasteiger charge is 2.10. The number of anilines is 1. The van der Waals surface area contributed by atoms with Gasteiger partial charge in [-0.05, 0) is 31.4 Å². The zero-order valence-corrected chi connectivity index (χ0v) is 12.4. The number of nitrogens with zero attached hydrogens (tertiary/aromatic N) is 2. The zero-order valence-electron chi connectivity index (χ0n) is 11.6. The lowest BCUT2D eigenvalue weighted by Gasteiger charge is -2.08. The van der Waals surface area contributed by atoms with Gasteiger partial charge >= 0.3 is 6.09 Å². The van der Waals surface area contributed by atoms with Gasteiger partial charge < -0.3 is 9.72 Å². The quantitative estimate of drug-likeness (QED) is 0.774. The number of fused-ring (bicyclic) bond motifs is 1. The third-order valence-electron chi connectivity index (χ3n) is 2.68. The van der Waals surface area contributed by atoms with Gasteiger partial charge in [0.25, 0.3) is 0 Å². The molecule has 0 aliphatic heterocycles. The number of aromatic amines is 1. The number of H-pyrrole nitrogens is 1. The number of hydrogen-bond donors (Lipinski definition) is 2. The van der Waals surface area contributed by atoms with Gasteiger partial charge in [0.15, 0.2) is 5.65 Å². The minimum absolute atomic E-state index is 0.167. The number of aromatic nitrogens is 3. The molecule has 0 saturated carbocycles. The largest absolute Gasteiger partial charge is 0.447 e. The van der Waals surface area contributed by atoms with Crippen LogP contribution < -0.4 is 5.32 Å². The van der Waals surface area contributed by atoms with Crippen LogP contribution in [-0.2, 0) is 4.74 Å². The lowest BCUT2D eigenvalue weighted by molar-refractivity contribution is 0.130. The van der Waals surface area contributed by atoms with E-state index in [0.717, 1.165) is 16.2 Å². The fourth-order valence-corrected chi connectivity index (χ4v) is 2.53. The highest BCUT2D eigenvalue weighted by molar-refractivity contribution is 7.13. The third-order valence-corrected chi connectivity index (χ3v) is 3.56. The van der Waals surface area contributed by atoms with Gasteiger partial charge in [-0.2, -0.15) is 0 Å². The van der Waals surface area contributed by atoms with Gasteiger partial charge in [-0.25, -0.2) is 14.8 Å². The van der Waals surface area contributed by atoms with E-state index in [1.54, 1.807) is 37.4 Å². The number of hydrogen-bond acceptors (Lipinski definition) is 5. The average molecular weight is 302 g/mol. The summed E-state index contributed by atoms with van der Waals surface area (Å²) in [6, 6.07) is 5.74. The molecule has 2 N–H and O–H groups in total. The number of nitrogens with one attached hydrogen (secondary N) is 2. The Bertz CT molecular complexity index is 764. The Morgan fingerprint density at radius 3 is 3.05 bits per heavy atom. The zero-order chi connectivity index (χ0) is 14.8. The lowest BCUT2D eigenvalue weighted by Crippen LogP contribution is -2.18. The predicted molar refractivity (Wildman–Crippen MR) is 82.4 cm³/mol. The van der Waals surface area contributed by atoms with Crippen molar-refractivity contribution in [2.24, 2.45) is 0 Å². The molecule has 0 aliphatic rings. The smallest absolute Gasteiger partial charge is 0.411 e. The first-order valence-corrected chi connectivity index (χ1v) is 7.37. The molecule has 3 aromatic rings. The second kappa shape index (κ2) is 5.53. The molecule has 0 radical (unpaired) electrons. The maximum absolute atomic E-state index is 11.6. The molecule has 6 nitrogen and oxygen atoms in total. The second-order valence-corrected chi connectivity index (χ2v) is 5.68. The first kappa shape index (κ1) is 13.6. The van der Waals surface area contributed by atoms with Crippen molar-refractivity contribution < 1.29 is 9.53 Å². The number of thiophene rings is 1. The molecular formula is C14H14N4O2S. The molecule has 0 unspecified atom stereocenters. The maximum Gasteiger partial charge on any atom is 0.411 e. The van der Waals surface area contributed by atoms with Crippen molar-refractivity contribution in [1.82, 2.24) is 15.0 Å². The van der Waals surface area contributed by atoms with Crippen LogP contribution in [-0.4, -0.2) is 27.1 Å². The Morgan fingerprint density at radius 1 is 1.48 bits per heavy atom. The molecule has 0 bridgehead atoms. The minimum atomic E-state index is -0.496. The number of carbonyl (C=O) groups excluding carboxylic acids is 1. The van der Waals surface area contributed by atoms with Crippen LogP contribution in [0.1, 0.15) is 13.8 Å². The summed E-state index contributed by atoms with van der Waals surface area (Å²) in [6.45, 7) is 3.59. The summed E-state index contributed by atoms with van der Waals surface area (Å²) in [6.07, 6.45) is 0.895. The first-order chi connectivity index (χ1) is 10.1. The van der Waals surface area contributed by atoms with Crippen LogP contribution >= 0.6 is 11.3 Å². The lowest BCUT2D eigenvalue weighted by atomic mass is 10.4. The molecule has 0 aromatic carbocycles. The molecule has 108 valence electrons. The van der Waals surface area contributed by atoms with Crippen LogP contribution in [0.15, 0.2) is 29.8 Å². The number of imidazole rings is 1. The molecular weight excluding hydrogens is 288 g/mol. The highest BCUT2D eigenvalue weighted by atomic mass is 32.1. The normalized spacial score (nSPS) is 11.0. The van der Waals surface area contributed by atoms with Crippen molar-refractivity contribution in [2.45, 2.75) is 20.0 Å². The van der Waals surface area contributed by atoms with E-state index in [-0.39, 0.29) is 6.10 Å². The number of rotatable bonds is 3. The van der Waals surface area contributed by atoms with Crippen LogP contribution in [0.25, 0.3) is 21.9 Å². The van der Waals surface area contributed by atoms with Crippen molar-refractivity contribution >= 4 is 34.3 Å². The van der Waals surface area contributed by atoms with E-state index >= 15 is 0 Å². The van der Waals surface area contributed by atoms with E-state index in [1.165, 1.54) is 0 Å². The van der Waals surface area contributed by atoms with Crippen LogP contribution in [0.3, 0.4) is 0 Å². The van der Waals surface area contributed by atoms with Crippen molar-refractivity contribution in [3.63, 3.8) is 0 Å². The summed E-state index contributed by atoms with van der Waals surface area (Å²) in [5.74, 6) is 0.773. The van der Waals surface area contributed by atoms with Crippen molar-refractivity contribution in [1.29, 1.82) is 0 Å². The van der Waals surface area contributed by atoms with Gasteiger partial charge in [-0.1, -0.05) is 6.07 Å². The summed E-state index contributed by atoms with van der Waals surface area (Å²) >= 11 is 1.60. The Kier molecular flexibility index (Phi) is 3.57. The molecule has 0 saturated heterocycles. The van der Waals surface area contributed by atoms with Crippen LogP contribution in [0, 0.1) is 0 Å². The van der Waals surface area contributed by atoms with E-state index in [4.69, 9.17) is 4.74 Å². The van der Waals surface area contributed by atoms with Gasteiger partial charge in [0.2, 0.25) is 0 Å². The summed E-state index contributed by atoms with van der Waals surface area (Å²) in [4.78, 5) is 24.5. The molecule has 7 heteroatoms. The summed E-state index contributed by atoms with van der Waals surface area (Å²) in [5.41, 5.74) is 1.94. The van der Waals surface area contributed by atoms with Crippen LogP contribution in [0.5, 0.6) is 0 Å². The number of pyridine rings is 1. The fraction of sp³-hybridized carbons (Fsp3) is 0.214. The van der Waals surface area contributed by atoms with E-state index < -0.39 is 6.09 Å². The van der Waals surface area contributed by atoms with Crippen LogP contribution in [0.4, 0.5) is 10.5 Å². The van der Waals surface area contributed by atoms with Crippen molar-refractivity contribution in [3.8, 4) is 10.7 Å². The van der Waals surface area contributed by atoms with Gasteiger partial charge in [0.1, 0.15) is 5.82 Å². The third kappa shape index (κ3) is 3.03. The van der Waals surface area contributed by atoms with E-state index in [1.807, 2.05) is 17.5 Å². The van der Waals surface area contributed by atoms with Gasteiger partial charge in [0.05, 0.1) is 28.4 Å². The summed E-state index contributed by atoms with van der Waals surface area (Å²) < 4.78 is 5.03. The monoisotopic (exact) mass is 302 g/mol. The SMILES string of the molecule is CC(C)OC(=O)Nc1cnc2nc(-c3cccs3)[nH]c2c1. The van der Waals surface area contributed by atoms with Crippen molar-refractivity contribution in [2.75, 3.05) is 5.32 Å². The number of carbonyl (C=O) groups is 1. The van der Waals surface area contributed by atoms with Gasteiger partial charge in [0, 0.05) is 0 Å². The Morgan fingerprint density at radius 2 is 2.33 bits per heavy atom.